The third-order valence-corrected chi connectivity index (χ3v) is 3.93. The maximum Gasteiger partial charge on any atom is 0.317 e. The smallest absolute Gasteiger partial charge is 0.317 e. The number of hydrogen-bond acceptors (Lipinski definition) is 3. The summed E-state index contributed by atoms with van der Waals surface area (Å²) in [7, 11) is 0. The van der Waals surface area contributed by atoms with E-state index in [1.807, 2.05) is 13.8 Å². The monoisotopic (exact) mass is 285 g/mol. The van der Waals surface area contributed by atoms with Gasteiger partial charge in [-0.05, 0) is 19.8 Å². The van der Waals surface area contributed by atoms with Crippen LogP contribution in [-0.4, -0.2) is 65.7 Å². The molecular formula is C14H27N3O3. The summed E-state index contributed by atoms with van der Waals surface area (Å²) in [4.78, 5) is 27.2. The second-order valence-corrected chi connectivity index (χ2v) is 5.99. The normalized spacial score (nSPS) is 18.4. The molecular weight excluding hydrogens is 258 g/mol. The van der Waals surface area contributed by atoms with Crippen LogP contribution in [-0.2, 0) is 4.79 Å². The van der Waals surface area contributed by atoms with Crippen molar-refractivity contribution in [2.75, 3.05) is 32.7 Å². The fraction of sp³-hybridized carbons (Fsp3) is 0.857. The van der Waals surface area contributed by atoms with E-state index in [-0.39, 0.29) is 18.5 Å². The molecule has 0 radical (unpaired) electrons. The van der Waals surface area contributed by atoms with E-state index in [1.165, 1.54) is 0 Å². The van der Waals surface area contributed by atoms with Crippen LogP contribution in [0.5, 0.6) is 0 Å². The first-order chi connectivity index (χ1) is 9.32. The zero-order chi connectivity index (χ0) is 15.3. The van der Waals surface area contributed by atoms with Crippen molar-refractivity contribution in [3.05, 3.63) is 0 Å². The van der Waals surface area contributed by atoms with Crippen molar-refractivity contribution >= 4 is 12.0 Å². The zero-order valence-electron chi connectivity index (χ0n) is 12.9. The number of nitrogens with zero attached hydrogens (tertiary/aromatic N) is 2. The summed E-state index contributed by atoms with van der Waals surface area (Å²) in [6.45, 7) is 11.3. The van der Waals surface area contributed by atoms with Crippen molar-refractivity contribution in [2.24, 2.45) is 11.8 Å². The highest BCUT2D eigenvalue weighted by molar-refractivity contribution is 5.76. The fourth-order valence-corrected chi connectivity index (χ4v) is 2.36. The summed E-state index contributed by atoms with van der Waals surface area (Å²) < 4.78 is 0. The van der Waals surface area contributed by atoms with Gasteiger partial charge in [0.05, 0.1) is 5.92 Å². The third kappa shape index (κ3) is 4.67. The summed E-state index contributed by atoms with van der Waals surface area (Å²) in [5, 5.41) is 11.8. The SMILES string of the molecule is CC(C)C(CNC(=O)N1CCN(C(C)C)CC1)C(=O)O. The van der Waals surface area contributed by atoms with E-state index in [0.29, 0.717) is 19.1 Å². The van der Waals surface area contributed by atoms with E-state index in [2.05, 4.69) is 24.1 Å². The number of carboxylic acid groups (broad SMARTS) is 1. The van der Waals surface area contributed by atoms with Crippen LogP contribution in [0.2, 0.25) is 0 Å². The van der Waals surface area contributed by atoms with Gasteiger partial charge in [0.2, 0.25) is 0 Å². The van der Waals surface area contributed by atoms with Crippen molar-refractivity contribution in [1.29, 1.82) is 0 Å². The van der Waals surface area contributed by atoms with Gasteiger partial charge in [0.15, 0.2) is 0 Å². The van der Waals surface area contributed by atoms with Gasteiger partial charge in [0.25, 0.3) is 0 Å². The molecule has 2 amide bonds. The lowest BCUT2D eigenvalue weighted by Gasteiger charge is -2.37. The Morgan fingerprint density at radius 1 is 1.10 bits per heavy atom. The molecule has 1 fully saturated rings. The van der Waals surface area contributed by atoms with Gasteiger partial charge in [0.1, 0.15) is 0 Å². The molecule has 1 atom stereocenters. The lowest BCUT2D eigenvalue weighted by Crippen LogP contribution is -2.54. The number of urea groups is 1. The Bertz CT molecular complexity index is 337. The number of rotatable bonds is 5. The van der Waals surface area contributed by atoms with Gasteiger partial charge in [-0.1, -0.05) is 13.8 Å². The molecule has 0 spiro atoms. The van der Waals surface area contributed by atoms with Crippen LogP contribution in [0.25, 0.3) is 0 Å². The summed E-state index contributed by atoms with van der Waals surface area (Å²) in [6.07, 6.45) is 0. The topological polar surface area (TPSA) is 72.9 Å². The van der Waals surface area contributed by atoms with Crippen LogP contribution in [0.1, 0.15) is 27.7 Å². The van der Waals surface area contributed by atoms with Crippen LogP contribution in [0.15, 0.2) is 0 Å². The largest absolute Gasteiger partial charge is 0.481 e. The van der Waals surface area contributed by atoms with Crippen molar-refractivity contribution in [3.8, 4) is 0 Å². The Labute approximate surface area is 121 Å². The van der Waals surface area contributed by atoms with Gasteiger partial charge in [-0.2, -0.15) is 0 Å². The molecule has 6 nitrogen and oxygen atoms in total. The Kier molecular flexibility index (Phi) is 6.26. The molecule has 0 aliphatic carbocycles. The molecule has 2 N–H and O–H groups in total. The standard InChI is InChI=1S/C14H27N3O3/c1-10(2)12(13(18)19)9-15-14(20)17-7-5-16(6-8-17)11(3)4/h10-12H,5-9H2,1-4H3,(H,15,20)(H,18,19). The van der Waals surface area contributed by atoms with E-state index in [0.717, 1.165) is 13.1 Å². The molecule has 6 heteroatoms. The summed E-state index contributed by atoms with van der Waals surface area (Å²) >= 11 is 0. The molecule has 1 unspecified atom stereocenters. The Hall–Kier alpha value is -1.30. The molecule has 1 aliphatic heterocycles. The quantitative estimate of drug-likeness (QED) is 0.793. The molecule has 20 heavy (non-hydrogen) atoms. The number of hydrogen-bond donors (Lipinski definition) is 2. The first-order valence-corrected chi connectivity index (χ1v) is 7.32. The van der Waals surface area contributed by atoms with Crippen LogP contribution >= 0.6 is 0 Å². The number of amides is 2. The molecule has 0 aromatic rings. The zero-order valence-corrected chi connectivity index (χ0v) is 12.9. The molecule has 0 saturated carbocycles. The van der Waals surface area contributed by atoms with Crippen molar-refractivity contribution in [3.63, 3.8) is 0 Å². The highest BCUT2D eigenvalue weighted by Crippen LogP contribution is 2.10. The number of piperazine rings is 1. The van der Waals surface area contributed by atoms with E-state index in [9.17, 15) is 9.59 Å². The van der Waals surface area contributed by atoms with Gasteiger partial charge in [-0.25, -0.2) is 4.79 Å². The molecule has 0 aromatic heterocycles. The minimum Gasteiger partial charge on any atom is -0.481 e. The van der Waals surface area contributed by atoms with Crippen LogP contribution < -0.4 is 5.32 Å². The highest BCUT2D eigenvalue weighted by atomic mass is 16.4. The Balaban J connectivity index is 2.39. The van der Waals surface area contributed by atoms with Crippen molar-refractivity contribution < 1.29 is 14.7 Å². The van der Waals surface area contributed by atoms with E-state index in [1.54, 1.807) is 4.90 Å². The van der Waals surface area contributed by atoms with Crippen molar-refractivity contribution in [2.45, 2.75) is 33.7 Å². The average molecular weight is 285 g/mol. The fourth-order valence-electron chi connectivity index (χ4n) is 2.36. The minimum atomic E-state index is -0.857. The van der Waals surface area contributed by atoms with Crippen LogP contribution in [0.3, 0.4) is 0 Å². The summed E-state index contributed by atoms with van der Waals surface area (Å²) in [5.41, 5.74) is 0. The molecule has 116 valence electrons. The maximum absolute atomic E-state index is 12.0. The first-order valence-electron chi connectivity index (χ1n) is 7.32. The lowest BCUT2D eigenvalue weighted by atomic mass is 9.96. The van der Waals surface area contributed by atoms with Gasteiger partial charge < -0.3 is 15.3 Å². The molecule has 1 heterocycles. The summed E-state index contributed by atoms with van der Waals surface area (Å²) in [6, 6.07) is 0.345. The Morgan fingerprint density at radius 3 is 2.05 bits per heavy atom. The van der Waals surface area contributed by atoms with Crippen LogP contribution in [0, 0.1) is 11.8 Å². The van der Waals surface area contributed by atoms with E-state index < -0.39 is 11.9 Å². The number of aliphatic carboxylic acids is 1. The predicted octanol–water partition coefficient (Wildman–Crippen LogP) is 1.08. The predicted molar refractivity (Wildman–Crippen MR) is 77.6 cm³/mol. The van der Waals surface area contributed by atoms with Crippen molar-refractivity contribution in [1.82, 2.24) is 15.1 Å². The Morgan fingerprint density at radius 2 is 1.65 bits per heavy atom. The molecule has 1 saturated heterocycles. The van der Waals surface area contributed by atoms with Gasteiger partial charge in [0, 0.05) is 38.8 Å². The third-order valence-electron chi connectivity index (χ3n) is 3.93. The van der Waals surface area contributed by atoms with E-state index in [4.69, 9.17) is 5.11 Å². The summed E-state index contributed by atoms with van der Waals surface area (Å²) in [5.74, 6) is -1.38. The first kappa shape index (κ1) is 16.8. The number of carbonyl (C=O) groups excluding carboxylic acids is 1. The van der Waals surface area contributed by atoms with Gasteiger partial charge >= 0.3 is 12.0 Å². The molecule has 0 bridgehead atoms. The van der Waals surface area contributed by atoms with Gasteiger partial charge in [-0.15, -0.1) is 0 Å². The van der Waals surface area contributed by atoms with E-state index >= 15 is 0 Å². The molecule has 1 rings (SSSR count). The number of carbonyl (C=O) groups is 2. The average Bonchev–Trinajstić information content (AvgIpc) is 2.38. The molecule has 0 aromatic carbocycles. The number of carboxylic acids is 1. The lowest BCUT2D eigenvalue weighted by molar-refractivity contribution is -0.142. The maximum atomic E-state index is 12.0. The van der Waals surface area contributed by atoms with Gasteiger partial charge in [-0.3, -0.25) is 9.69 Å². The second-order valence-electron chi connectivity index (χ2n) is 5.99. The second kappa shape index (κ2) is 7.47. The molecule has 1 aliphatic rings. The highest BCUT2D eigenvalue weighted by Gasteiger charge is 2.25. The van der Waals surface area contributed by atoms with Crippen LogP contribution in [0.4, 0.5) is 4.79 Å². The number of nitrogens with one attached hydrogen (secondary N) is 1. The minimum absolute atomic E-state index is 0.00517.